The van der Waals surface area contributed by atoms with E-state index in [-0.39, 0.29) is 18.1 Å². The zero-order valence-electron chi connectivity index (χ0n) is 10.5. The number of hydrogen-bond donors (Lipinski definition) is 0. The number of ether oxygens (including phenoxy) is 2. The molecule has 3 nitrogen and oxygen atoms in total. The lowest BCUT2D eigenvalue weighted by Gasteiger charge is -2.23. The van der Waals surface area contributed by atoms with Crippen molar-refractivity contribution in [2.75, 3.05) is 7.05 Å². The van der Waals surface area contributed by atoms with Crippen molar-refractivity contribution in [3.63, 3.8) is 0 Å². The first kappa shape index (κ1) is 11.4. The van der Waals surface area contributed by atoms with Gasteiger partial charge in [0.25, 0.3) is 0 Å². The van der Waals surface area contributed by atoms with Gasteiger partial charge in [-0.1, -0.05) is 0 Å². The van der Waals surface area contributed by atoms with Crippen molar-refractivity contribution in [2.24, 2.45) is 5.92 Å². The summed E-state index contributed by atoms with van der Waals surface area (Å²) in [4.78, 5) is 2.31. The second-order valence-electron chi connectivity index (χ2n) is 5.87. The lowest BCUT2D eigenvalue weighted by molar-refractivity contribution is -0.0578. The summed E-state index contributed by atoms with van der Waals surface area (Å²) in [6.45, 7) is 8.48. The fraction of sp³-hybridized carbons (Fsp3) is 1.00. The summed E-state index contributed by atoms with van der Waals surface area (Å²) in [5.74, 6) is 0.884. The Morgan fingerprint density at radius 1 is 1.33 bits per heavy atom. The maximum atomic E-state index is 5.77. The van der Waals surface area contributed by atoms with Crippen LogP contribution in [0.3, 0.4) is 0 Å². The summed E-state index contributed by atoms with van der Waals surface area (Å²) in [6, 6.07) is 0.628. The molecule has 0 spiro atoms. The van der Waals surface area contributed by atoms with Crippen LogP contribution in [0, 0.1) is 5.92 Å². The normalized spacial score (nSPS) is 33.2. The second-order valence-corrected chi connectivity index (χ2v) is 5.87. The molecule has 0 aromatic rings. The highest BCUT2D eigenvalue weighted by molar-refractivity contribution is 4.89. The van der Waals surface area contributed by atoms with Gasteiger partial charge in [-0.25, -0.2) is 0 Å². The molecule has 2 rings (SSSR count). The van der Waals surface area contributed by atoms with Crippen LogP contribution in [0.25, 0.3) is 0 Å². The van der Waals surface area contributed by atoms with Gasteiger partial charge in [0.1, 0.15) is 0 Å². The maximum Gasteiger partial charge on any atom is 0.200 e. The van der Waals surface area contributed by atoms with Crippen molar-refractivity contribution in [3.05, 3.63) is 0 Å². The van der Waals surface area contributed by atoms with Crippen LogP contribution < -0.4 is 0 Å². The first-order valence-electron chi connectivity index (χ1n) is 5.94. The molecule has 3 unspecified atom stereocenters. The molecule has 2 aliphatic rings. The smallest absolute Gasteiger partial charge is 0.200 e. The number of likely N-dealkylation sites (N-methyl/N-ethyl adjacent to an activating group) is 1. The highest BCUT2D eigenvalue weighted by Gasteiger charge is 2.48. The molecule has 88 valence electrons. The molecule has 15 heavy (non-hydrogen) atoms. The average molecular weight is 213 g/mol. The zero-order valence-corrected chi connectivity index (χ0v) is 10.5. The standard InChI is InChI=1S/C12H23NO2/c1-8(9-6-7-9)13(5)10-11(14-10)15-12(2,3)4/h8-11H,6-7H2,1-5H3. The van der Waals surface area contributed by atoms with Crippen LogP contribution >= 0.6 is 0 Å². The topological polar surface area (TPSA) is 25.0 Å². The Morgan fingerprint density at radius 3 is 2.40 bits per heavy atom. The van der Waals surface area contributed by atoms with Crippen molar-refractivity contribution >= 4 is 0 Å². The number of epoxide rings is 1. The van der Waals surface area contributed by atoms with Crippen molar-refractivity contribution in [1.82, 2.24) is 4.90 Å². The third-order valence-electron chi connectivity index (χ3n) is 3.25. The molecule has 0 bridgehead atoms. The minimum absolute atomic E-state index is 0.0174. The molecule has 0 amide bonds. The molecule has 1 aliphatic heterocycles. The summed E-state index contributed by atoms with van der Waals surface area (Å²) in [5, 5.41) is 0. The minimum atomic E-state index is -0.108. The molecule has 3 atom stereocenters. The predicted molar refractivity (Wildman–Crippen MR) is 59.4 cm³/mol. The summed E-state index contributed by atoms with van der Waals surface area (Å²) in [7, 11) is 2.14. The van der Waals surface area contributed by atoms with Gasteiger partial charge < -0.3 is 9.47 Å². The van der Waals surface area contributed by atoms with Gasteiger partial charge in [-0.3, -0.25) is 4.90 Å². The average Bonchev–Trinajstić information content (AvgIpc) is 2.92. The van der Waals surface area contributed by atoms with E-state index in [1.807, 2.05) is 0 Å². The summed E-state index contributed by atoms with van der Waals surface area (Å²) < 4.78 is 11.3. The van der Waals surface area contributed by atoms with Crippen molar-refractivity contribution in [1.29, 1.82) is 0 Å². The zero-order chi connectivity index (χ0) is 11.2. The van der Waals surface area contributed by atoms with Crippen LogP contribution in [-0.4, -0.2) is 36.1 Å². The van der Waals surface area contributed by atoms with E-state index in [0.717, 1.165) is 5.92 Å². The van der Waals surface area contributed by atoms with E-state index in [4.69, 9.17) is 9.47 Å². The quantitative estimate of drug-likeness (QED) is 0.669. The summed E-state index contributed by atoms with van der Waals surface area (Å²) in [6.07, 6.45) is 2.92. The SMILES string of the molecule is CC(C1CC1)N(C)C1OC1OC(C)(C)C. The first-order chi connectivity index (χ1) is 6.88. The van der Waals surface area contributed by atoms with E-state index in [1.54, 1.807) is 0 Å². The van der Waals surface area contributed by atoms with Crippen molar-refractivity contribution < 1.29 is 9.47 Å². The van der Waals surface area contributed by atoms with Crippen molar-refractivity contribution in [3.8, 4) is 0 Å². The van der Waals surface area contributed by atoms with Crippen LogP contribution in [0.5, 0.6) is 0 Å². The van der Waals surface area contributed by atoms with E-state index in [0.29, 0.717) is 6.04 Å². The summed E-state index contributed by atoms with van der Waals surface area (Å²) >= 11 is 0. The van der Waals surface area contributed by atoms with Gasteiger partial charge in [0.2, 0.25) is 0 Å². The Bertz CT molecular complexity index is 232. The van der Waals surface area contributed by atoms with Gasteiger partial charge >= 0.3 is 0 Å². The molecule has 0 radical (unpaired) electrons. The largest absolute Gasteiger partial charge is 0.343 e. The molecule has 0 N–H and O–H groups in total. The van der Waals surface area contributed by atoms with Gasteiger partial charge in [0, 0.05) is 6.04 Å². The van der Waals surface area contributed by atoms with Gasteiger partial charge in [-0.05, 0) is 53.5 Å². The molecule has 3 heteroatoms. The van der Waals surface area contributed by atoms with Crippen LogP contribution in [0.2, 0.25) is 0 Å². The number of rotatable bonds is 4. The molecule has 1 saturated carbocycles. The van der Waals surface area contributed by atoms with E-state index in [2.05, 4.69) is 39.6 Å². The van der Waals surface area contributed by atoms with E-state index in [9.17, 15) is 0 Å². The lowest BCUT2D eigenvalue weighted by atomic mass is 10.2. The number of nitrogens with zero attached hydrogens (tertiary/aromatic N) is 1. The number of hydrogen-bond acceptors (Lipinski definition) is 3. The third kappa shape index (κ3) is 2.92. The highest BCUT2D eigenvalue weighted by atomic mass is 16.8. The van der Waals surface area contributed by atoms with Crippen LogP contribution in [0.4, 0.5) is 0 Å². The Kier molecular flexibility index (Phi) is 2.82. The molecule has 0 aromatic heterocycles. The lowest BCUT2D eigenvalue weighted by Crippen LogP contribution is -2.35. The highest BCUT2D eigenvalue weighted by Crippen LogP contribution is 2.39. The third-order valence-corrected chi connectivity index (χ3v) is 3.25. The first-order valence-corrected chi connectivity index (χ1v) is 5.94. The molecular formula is C12H23NO2. The fourth-order valence-electron chi connectivity index (χ4n) is 1.96. The van der Waals surface area contributed by atoms with Crippen LogP contribution in [-0.2, 0) is 9.47 Å². The Balaban J connectivity index is 1.77. The van der Waals surface area contributed by atoms with E-state index < -0.39 is 0 Å². The fourth-order valence-corrected chi connectivity index (χ4v) is 1.96. The molecule has 1 heterocycles. The monoisotopic (exact) mass is 213 g/mol. The van der Waals surface area contributed by atoms with Gasteiger partial charge in [-0.2, -0.15) is 0 Å². The van der Waals surface area contributed by atoms with Gasteiger partial charge in [0.05, 0.1) is 5.60 Å². The molecule has 1 saturated heterocycles. The Morgan fingerprint density at radius 2 is 1.93 bits per heavy atom. The Hall–Kier alpha value is -0.120. The van der Waals surface area contributed by atoms with E-state index in [1.165, 1.54) is 12.8 Å². The summed E-state index contributed by atoms with van der Waals surface area (Å²) in [5.41, 5.74) is -0.108. The van der Waals surface area contributed by atoms with Crippen LogP contribution in [0.15, 0.2) is 0 Å². The van der Waals surface area contributed by atoms with Gasteiger partial charge in [0.15, 0.2) is 12.5 Å². The van der Waals surface area contributed by atoms with Gasteiger partial charge in [-0.15, -0.1) is 0 Å². The molecule has 2 fully saturated rings. The van der Waals surface area contributed by atoms with E-state index >= 15 is 0 Å². The maximum absolute atomic E-state index is 5.77. The predicted octanol–water partition coefficient (Wildman–Crippen LogP) is 2.21. The van der Waals surface area contributed by atoms with Crippen LogP contribution in [0.1, 0.15) is 40.5 Å². The van der Waals surface area contributed by atoms with Crippen molar-refractivity contribution in [2.45, 2.75) is 64.7 Å². The minimum Gasteiger partial charge on any atom is -0.343 e. The Labute approximate surface area is 92.7 Å². The second kappa shape index (κ2) is 3.72. The molecule has 0 aromatic carbocycles. The molecular weight excluding hydrogens is 190 g/mol. The molecule has 1 aliphatic carbocycles.